The van der Waals surface area contributed by atoms with Crippen LogP contribution in [0.4, 0.5) is 0 Å². The molecule has 0 aromatic heterocycles. The Morgan fingerprint density at radius 2 is 1.93 bits per heavy atom. The lowest BCUT2D eigenvalue weighted by molar-refractivity contribution is -0.139. The lowest BCUT2D eigenvalue weighted by Gasteiger charge is -2.25. The van der Waals surface area contributed by atoms with Crippen molar-refractivity contribution in [3.05, 3.63) is 0 Å². The SMILES string of the molecule is CO[C@H](C1C(C(=O)O)C1(C)C)C(Br)(Br)Br. The van der Waals surface area contributed by atoms with Crippen LogP contribution in [0.5, 0.6) is 0 Å². The number of carboxylic acids is 1. The average molecular weight is 409 g/mol. The van der Waals surface area contributed by atoms with Crippen LogP contribution in [0.1, 0.15) is 13.8 Å². The van der Waals surface area contributed by atoms with Crippen LogP contribution in [0.2, 0.25) is 0 Å². The fourth-order valence-electron chi connectivity index (χ4n) is 2.20. The van der Waals surface area contributed by atoms with Crippen molar-refractivity contribution in [2.45, 2.75) is 22.1 Å². The molecule has 0 saturated heterocycles. The Hall–Kier alpha value is 0.870. The maximum atomic E-state index is 11.0. The summed E-state index contributed by atoms with van der Waals surface area (Å²) in [7, 11) is 1.58. The molecule has 1 rings (SSSR count). The number of ether oxygens (including phenoxy) is 1. The van der Waals surface area contributed by atoms with Crippen molar-refractivity contribution in [2.24, 2.45) is 17.3 Å². The van der Waals surface area contributed by atoms with E-state index in [9.17, 15) is 4.79 Å². The Kier molecular flexibility index (Phi) is 3.97. The van der Waals surface area contributed by atoms with E-state index in [1.54, 1.807) is 7.11 Å². The standard InChI is InChI=1S/C9H13Br3O3/c1-8(2)4(5(8)7(13)14)6(15-3)9(10,11)12/h4-6H,1-3H3,(H,13,14)/t4?,5?,6-/m1/s1. The highest BCUT2D eigenvalue weighted by Crippen LogP contribution is 2.64. The molecule has 0 aromatic carbocycles. The van der Waals surface area contributed by atoms with Crippen LogP contribution in [-0.4, -0.2) is 26.4 Å². The van der Waals surface area contributed by atoms with Gasteiger partial charge in [-0.25, -0.2) is 0 Å². The third-order valence-electron chi connectivity index (χ3n) is 3.08. The molecule has 3 nitrogen and oxygen atoms in total. The van der Waals surface area contributed by atoms with Crippen LogP contribution in [0.15, 0.2) is 0 Å². The van der Waals surface area contributed by atoms with Crippen LogP contribution in [0.3, 0.4) is 0 Å². The summed E-state index contributed by atoms with van der Waals surface area (Å²) in [4.78, 5) is 11.0. The van der Waals surface area contributed by atoms with Crippen LogP contribution in [0.25, 0.3) is 0 Å². The van der Waals surface area contributed by atoms with E-state index in [2.05, 4.69) is 47.8 Å². The van der Waals surface area contributed by atoms with Crippen molar-refractivity contribution in [1.29, 1.82) is 0 Å². The van der Waals surface area contributed by atoms with Gasteiger partial charge in [-0.15, -0.1) is 0 Å². The monoisotopic (exact) mass is 406 g/mol. The second-order valence-electron chi connectivity index (χ2n) is 4.36. The van der Waals surface area contributed by atoms with Gasteiger partial charge in [-0.2, -0.15) is 0 Å². The molecule has 6 heteroatoms. The first kappa shape index (κ1) is 13.9. The van der Waals surface area contributed by atoms with E-state index in [1.807, 2.05) is 13.8 Å². The highest BCUT2D eigenvalue weighted by molar-refractivity contribution is 9.39. The lowest BCUT2D eigenvalue weighted by atomic mass is 10.1. The zero-order valence-electron chi connectivity index (χ0n) is 8.63. The predicted molar refractivity (Wildman–Crippen MR) is 68.7 cm³/mol. The molecular weight excluding hydrogens is 396 g/mol. The Morgan fingerprint density at radius 1 is 1.47 bits per heavy atom. The molecule has 0 heterocycles. The molecule has 0 spiro atoms. The van der Waals surface area contributed by atoms with E-state index in [0.717, 1.165) is 0 Å². The third-order valence-corrected chi connectivity index (χ3v) is 4.43. The molecule has 1 saturated carbocycles. The van der Waals surface area contributed by atoms with Crippen molar-refractivity contribution >= 4 is 53.8 Å². The van der Waals surface area contributed by atoms with Crippen molar-refractivity contribution in [1.82, 2.24) is 0 Å². The maximum absolute atomic E-state index is 11.0. The van der Waals surface area contributed by atoms with Crippen molar-refractivity contribution in [3.8, 4) is 0 Å². The van der Waals surface area contributed by atoms with Crippen molar-refractivity contribution in [2.75, 3.05) is 7.11 Å². The van der Waals surface area contributed by atoms with Gasteiger partial charge in [0.05, 0.1) is 12.0 Å². The molecule has 1 aliphatic carbocycles. The number of alkyl halides is 3. The lowest BCUT2D eigenvalue weighted by Crippen LogP contribution is -2.30. The number of methoxy groups -OCH3 is 1. The van der Waals surface area contributed by atoms with Crippen LogP contribution in [-0.2, 0) is 9.53 Å². The zero-order chi connectivity index (χ0) is 12.0. The molecule has 2 unspecified atom stereocenters. The predicted octanol–water partition coefficient (Wildman–Crippen LogP) is 3.20. The van der Waals surface area contributed by atoms with Gasteiger partial charge in [-0.3, -0.25) is 4.79 Å². The molecule has 1 aliphatic rings. The molecule has 0 amide bonds. The van der Waals surface area contributed by atoms with Crippen LogP contribution in [0, 0.1) is 17.3 Å². The summed E-state index contributed by atoms with van der Waals surface area (Å²) in [6, 6.07) is 0. The number of hydrogen-bond donors (Lipinski definition) is 1. The van der Waals surface area contributed by atoms with Gasteiger partial charge in [0.15, 0.2) is 2.14 Å². The van der Waals surface area contributed by atoms with E-state index in [1.165, 1.54) is 0 Å². The molecule has 0 aromatic rings. The molecule has 0 bridgehead atoms. The first-order valence-electron chi connectivity index (χ1n) is 4.46. The maximum Gasteiger partial charge on any atom is 0.307 e. The van der Waals surface area contributed by atoms with Crippen molar-refractivity contribution < 1.29 is 14.6 Å². The van der Waals surface area contributed by atoms with E-state index < -0.39 is 8.11 Å². The highest BCUT2D eigenvalue weighted by atomic mass is 80.0. The molecular formula is C9H13Br3O3. The average Bonchev–Trinajstić information content (AvgIpc) is 2.52. The number of halogens is 3. The minimum atomic E-state index is -0.760. The molecule has 1 N–H and O–H groups in total. The summed E-state index contributed by atoms with van der Waals surface area (Å²) in [6.45, 7) is 3.89. The summed E-state index contributed by atoms with van der Waals surface area (Å²) in [6.07, 6.45) is -0.242. The van der Waals surface area contributed by atoms with E-state index in [4.69, 9.17) is 9.84 Å². The van der Waals surface area contributed by atoms with Gasteiger partial charge >= 0.3 is 5.97 Å². The topological polar surface area (TPSA) is 46.5 Å². The second kappa shape index (κ2) is 4.27. The molecule has 88 valence electrons. The fraction of sp³-hybridized carbons (Fsp3) is 0.889. The largest absolute Gasteiger partial charge is 0.481 e. The van der Waals surface area contributed by atoms with Gasteiger partial charge in [0, 0.05) is 13.0 Å². The second-order valence-corrected chi connectivity index (χ2v) is 11.3. The first-order chi connectivity index (χ1) is 6.64. The highest BCUT2D eigenvalue weighted by Gasteiger charge is 2.67. The number of hydrogen-bond acceptors (Lipinski definition) is 2. The Balaban J connectivity index is 2.86. The van der Waals surface area contributed by atoms with Gasteiger partial charge in [-0.05, 0) is 5.41 Å². The minimum Gasteiger partial charge on any atom is -0.481 e. The summed E-state index contributed by atoms with van der Waals surface area (Å²) < 4.78 is 4.78. The third kappa shape index (κ3) is 2.58. The number of rotatable bonds is 3. The smallest absolute Gasteiger partial charge is 0.307 e. The zero-order valence-corrected chi connectivity index (χ0v) is 13.4. The van der Waals surface area contributed by atoms with Crippen molar-refractivity contribution in [3.63, 3.8) is 0 Å². The number of carbonyl (C=O) groups is 1. The van der Waals surface area contributed by atoms with E-state index in [0.29, 0.717) is 0 Å². The molecule has 0 radical (unpaired) electrons. The number of carboxylic acid groups (broad SMARTS) is 1. The molecule has 15 heavy (non-hydrogen) atoms. The number of aliphatic carboxylic acids is 1. The molecule has 0 aliphatic heterocycles. The first-order valence-corrected chi connectivity index (χ1v) is 6.84. The molecule has 3 atom stereocenters. The Morgan fingerprint density at radius 3 is 2.13 bits per heavy atom. The van der Waals surface area contributed by atoms with Crippen LogP contribution >= 0.6 is 47.8 Å². The van der Waals surface area contributed by atoms with Crippen LogP contribution < -0.4 is 0 Å². The summed E-state index contributed by atoms with van der Waals surface area (Å²) in [5.74, 6) is -1.13. The van der Waals surface area contributed by atoms with Gasteiger partial charge in [0.1, 0.15) is 0 Å². The minimum absolute atomic E-state index is 0.0156. The van der Waals surface area contributed by atoms with Gasteiger partial charge < -0.3 is 9.84 Å². The van der Waals surface area contributed by atoms with E-state index in [-0.39, 0.29) is 23.4 Å². The van der Waals surface area contributed by atoms with Gasteiger partial charge in [-0.1, -0.05) is 61.6 Å². The summed E-state index contributed by atoms with van der Waals surface area (Å²) >= 11 is 10.2. The Bertz CT molecular complexity index is 272. The van der Waals surface area contributed by atoms with Gasteiger partial charge in [0.2, 0.25) is 0 Å². The normalized spacial score (nSPS) is 31.1. The van der Waals surface area contributed by atoms with E-state index >= 15 is 0 Å². The molecule has 1 fully saturated rings. The summed E-state index contributed by atoms with van der Waals surface area (Å²) in [5, 5.41) is 9.07. The quantitative estimate of drug-likeness (QED) is 0.729. The summed E-state index contributed by atoms with van der Waals surface area (Å²) in [5.41, 5.74) is -0.229. The Labute approximate surface area is 114 Å². The van der Waals surface area contributed by atoms with Gasteiger partial charge in [0.25, 0.3) is 0 Å². The fourth-order valence-corrected chi connectivity index (χ4v) is 3.61.